The van der Waals surface area contributed by atoms with E-state index in [9.17, 15) is 21.6 Å². The lowest BCUT2D eigenvalue weighted by atomic mass is 10.1. The molecule has 1 N–H and O–H groups in total. The Morgan fingerprint density at radius 1 is 1.12 bits per heavy atom. The topological polar surface area (TPSA) is 88.8 Å². The van der Waals surface area contributed by atoms with Gasteiger partial charge < -0.3 is 14.7 Å². The smallest absolute Gasteiger partial charge is 0.475 e. The molecule has 1 aliphatic rings. The van der Waals surface area contributed by atoms with Crippen LogP contribution in [0.3, 0.4) is 0 Å². The number of aliphatic carboxylic acids is 1. The molecule has 2 aromatic carbocycles. The lowest BCUT2D eigenvalue weighted by Crippen LogP contribution is -2.21. The maximum Gasteiger partial charge on any atom is 0.490 e. The van der Waals surface area contributed by atoms with Gasteiger partial charge in [-0.3, -0.25) is 0 Å². The van der Waals surface area contributed by atoms with E-state index in [1.807, 2.05) is 30.3 Å². The molecule has 0 radical (unpaired) electrons. The molecule has 11 heteroatoms. The summed E-state index contributed by atoms with van der Waals surface area (Å²) in [6.45, 7) is 2.49. The number of aromatic nitrogens is 1. The van der Waals surface area contributed by atoms with Gasteiger partial charge in [0.05, 0.1) is 23.1 Å². The van der Waals surface area contributed by atoms with Gasteiger partial charge in [0.25, 0.3) is 10.0 Å². The molecule has 33 heavy (non-hydrogen) atoms. The SMILES string of the molecule is CN1CCC(OCc2cccc3c2ccn3S(=O)(=O)c2ccccc2)C1.O=C(O)C(F)(F)F. The van der Waals surface area contributed by atoms with Crippen LogP contribution in [0.2, 0.25) is 0 Å². The maximum atomic E-state index is 12.9. The van der Waals surface area contributed by atoms with E-state index in [-0.39, 0.29) is 11.0 Å². The van der Waals surface area contributed by atoms with Gasteiger partial charge in [0.1, 0.15) is 0 Å². The zero-order valence-corrected chi connectivity index (χ0v) is 18.5. The summed E-state index contributed by atoms with van der Waals surface area (Å²) in [6, 6.07) is 16.1. The second kappa shape index (κ2) is 9.94. The number of alkyl halides is 3. The normalized spacial score (nSPS) is 17.0. The molecular formula is C22H23F3N2O5S. The van der Waals surface area contributed by atoms with Crippen LogP contribution in [0.5, 0.6) is 0 Å². The predicted molar refractivity (Wildman–Crippen MR) is 115 cm³/mol. The summed E-state index contributed by atoms with van der Waals surface area (Å²) >= 11 is 0. The van der Waals surface area contributed by atoms with Gasteiger partial charge in [0.2, 0.25) is 0 Å². The third-order valence-electron chi connectivity index (χ3n) is 5.15. The number of benzene rings is 2. The average molecular weight is 484 g/mol. The summed E-state index contributed by atoms with van der Waals surface area (Å²) in [5.74, 6) is -2.76. The lowest BCUT2D eigenvalue weighted by molar-refractivity contribution is -0.192. The van der Waals surface area contributed by atoms with Crippen molar-refractivity contribution in [3.63, 3.8) is 0 Å². The fourth-order valence-electron chi connectivity index (χ4n) is 3.49. The molecule has 0 bridgehead atoms. The molecule has 178 valence electrons. The van der Waals surface area contributed by atoms with Crippen molar-refractivity contribution in [3.05, 3.63) is 66.4 Å². The van der Waals surface area contributed by atoms with Crippen LogP contribution in [0.25, 0.3) is 10.9 Å². The highest BCUT2D eigenvalue weighted by Crippen LogP contribution is 2.26. The number of ether oxygens (including phenoxy) is 1. The second-order valence-electron chi connectivity index (χ2n) is 7.57. The van der Waals surface area contributed by atoms with Crippen molar-refractivity contribution in [1.29, 1.82) is 0 Å². The van der Waals surface area contributed by atoms with E-state index in [1.165, 1.54) is 3.97 Å². The number of rotatable bonds is 5. The third kappa shape index (κ3) is 5.92. The number of nitrogens with zero attached hydrogens (tertiary/aromatic N) is 2. The van der Waals surface area contributed by atoms with Crippen molar-refractivity contribution in [2.75, 3.05) is 20.1 Å². The Balaban J connectivity index is 0.000000383. The van der Waals surface area contributed by atoms with Crippen molar-refractivity contribution in [2.24, 2.45) is 0 Å². The first-order chi connectivity index (χ1) is 15.5. The summed E-state index contributed by atoms with van der Waals surface area (Å²) in [5.41, 5.74) is 1.69. The number of hydrogen-bond donors (Lipinski definition) is 1. The van der Waals surface area contributed by atoms with Gasteiger partial charge in [0, 0.05) is 24.7 Å². The fourth-order valence-corrected chi connectivity index (χ4v) is 4.85. The van der Waals surface area contributed by atoms with Crippen molar-refractivity contribution >= 4 is 26.9 Å². The number of halogens is 3. The molecule has 0 amide bonds. The summed E-state index contributed by atoms with van der Waals surface area (Å²) in [4.78, 5) is 11.4. The van der Waals surface area contributed by atoms with Gasteiger partial charge in [-0.05, 0) is 43.3 Å². The molecule has 1 fully saturated rings. The van der Waals surface area contributed by atoms with Gasteiger partial charge in [-0.1, -0.05) is 30.3 Å². The first-order valence-corrected chi connectivity index (χ1v) is 11.4. The average Bonchev–Trinajstić information content (AvgIpc) is 3.39. The molecule has 0 aliphatic carbocycles. The number of hydrogen-bond acceptors (Lipinski definition) is 5. The Morgan fingerprint density at radius 2 is 1.79 bits per heavy atom. The van der Waals surface area contributed by atoms with E-state index in [4.69, 9.17) is 14.6 Å². The van der Waals surface area contributed by atoms with Gasteiger partial charge in [-0.25, -0.2) is 17.2 Å². The van der Waals surface area contributed by atoms with Crippen LogP contribution in [0, 0.1) is 0 Å². The van der Waals surface area contributed by atoms with Gasteiger partial charge in [-0.15, -0.1) is 0 Å². The molecule has 1 unspecified atom stereocenters. The van der Waals surface area contributed by atoms with E-state index < -0.39 is 22.2 Å². The van der Waals surface area contributed by atoms with Crippen molar-refractivity contribution < 1.29 is 36.2 Å². The van der Waals surface area contributed by atoms with E-state index >= 15 is 0 Å². The van der Waals surface area contributed by atoms with Crippen LogP contribution < -0.4 is 0 Å². The number of likely N-dealkylation sites (N-methyl/N-ethyl adjacent to an activating group) is 1. The van der Waals surface area contributed by atoms with Crippen molar-refractivity contribution in [3.8, 4) is 0 Å². The van der Waals surface area contributed by atoms with Crippen LogP contribution in [0.1, 0.15) is 12.0 Å². The standard InChI is InChI=1S/C20H22N2O3S.C2HF3O2/c1-21-12-10-17(14-21)25-15-16-6-5-9-20-19(16)11-13-22(20)26(23,24)18-7-3-2-4-8-18;3-2(4,5)1(6)7/h2-9,11,13,17H,10,12,14-15H2,1H3;(H,6,7). The largest absolute Gasteiger partial charge is 0.490 e. The van der Waals surface area contributed by atoms with E-state index in [0.717, 1.165) is 30.5 Å². The first-order valence-electron chi connectivity index (χ1n) is 10.00. The highest BCUT2D eigenvalue weighted by molar-refractivity contribution is 7.90. The number of carboxylic acids is 1. The van der Waals surface area contributed by atoms with Crippen molar-refractivity contribution in [1.82, 2.24) is 8.87 Å². The zero-order valence-electron chi connectivity index (χ0n) is 17.7. The molecule has 0 spiro atoms. The molecule has 2 heterocycles. The first kappa shape index (κ1) is 24.7. The van der Waals surface area contributed by atoms with Crippen LogP contribution in [0.4, 0.5) is 13.2 Å². The van der Waals surface area contributed by atoms with Crippen LogP contribution in [-0.2, 0) is 26.2 Å². The van der Waals surface area contributed by atoms with Crippen LogP contribution in [-0.4, -0.2) is 60.8 Å². The van der Waals surface area contributed by atoms with E-state index in [2.05, 4.69) is 11.9 Å². The van der Waals surface area contributed by atoms with Gasteiger partial charge >= 0.3 is 12.1 Å². The number of likely N-dealkylation sites (tertiary alicyclic amines) is 1. The Morgan fingerprint density at radius 3 is 2.36 bits per heavy atom. The third-order valence-corrected chi connectivity index (χ3v) is 6.86. The number of fused-ring (bicyclic) bond motifs is 1. The Kier molecular flexibility index (Phi) is 7.45. The zero-order chi connectivity index (χ0) is 24.2. The van der Waals surface area contributed by atoms with E-state index in [0.29, 0.717) is 12.1 Å². The lowest BCUT2D eigenvalue weighted by Gasteiger charge is -2.13. The van der Waals surface area contributed by atoms with Crippen LogP contribution >= 0.6 is 0 Å². The Hall–Kier alpha value is -2.89. The quantitative estimate of drug-likeness (QED) is 0.594. The number of carboxylic acid groups (broad SMARTS) is 1. The second-order valence-corrected chi connectivity index (χ2v) is 9.38. The molecule has 1 saturated heterocycles. The minimum atomic E-state index is -5.08. The molecule has 1 aromatic heterocycles. The predicted octanol–water partition coefficient (Wildman–Crippen LogP) is 3.73. The highest BCUT2D eigenvalue weighted by atomic mass is 32.2. The number of carbonyl (C=O) groups is 1. The Labute approximate surface area is 189 Å². The van der Waals surface area contributed by atoms with Gasteiger partial charge in [-0.2, -0.15) is 13.2 Å². The minimum Gasteiger partial charge on any atom is -0.475 e. The molecule has 4 rings (SSSR count). The summed E-state index contributed by atoms with van der Waals surface area (Å²) < 4.78 is 65.0. The maximum absolute atomic E-state index is 12.9. The summed E-state index contributed by atoms with van der Waals surface area (Å²) in [7, 11) is -1.51. The minimum absolute atomic E-state index is 0.241. The highest BCUT2D eigenvalue weighted by Gasteiger charge is 2.38. The molecule has 7 nitrogen and oxygen atoms in total. The summed E-state index contributed by atoms with van der Waals surface area (Å²) in [6.07, 6.45) is -2.18. The summed E-state index contributed by atoms with van der Waals surface area (Å²) in [5, 5.41) is 8.04. The molecule has 3 aromatic rings. The Bertz CT molecular complexity index is 1210. The fraction of sp³-hybridized carbons (Fsp3) is 0.318. The molecule has 1 atom stereocenters. The monoisotopic (exact) mass is 484 g/mol. The van der Waals surface area contributed by atoms with Crippen molar-refractivity contribution in [2.45, 2.75) is 30.2 Å². The molecule has 1 aliphatic heterocycles. The molecular weight excluding hydrogens is 461 g/mol. The van der Waals surface area contributed by atoms with Crippen LogP contribution in [0.15, 0.2) is 65.7 Å². The van der Waals surface area contributed by atoms with E-state index in [1.54, 1.807) is 30.5 Å². The molecule has 0 saturated carbocycles. The van der Waals surface area contributed by atoms with Gasteiger partial charge in [0.15, 0.2) is 0 Å².